The first kappa shape index (κ1) is 9.75. The van der Waals surface area contributed by atoms with E-state index in [0.717, 1.165) is 0 Å². The Balaban J connectivity index is 3.13. The van der Waals surface area contributed by atoms with E-state index < -0.39 is 10.0 Å². The SMILES string of the molecule is N=NCc1cccc(S(N)(=O)=O)n1. The quantitative estimate of drug-likeness (QED) is 0.683. The second kappa shape index (κ2) is 3.58. The van der Waals surface area contributed by atoms with E-state index in [1.807, 2.05) is 0 Å². The molecule has 0 bridgehead atoms. The zero-order chi connectivity index (χ0) is 9.90. The lowest BCUT2D eigenvalue weighted by molar-refractivity contribution is 0.593. The highest BCUT2D eigenvalue weighted by molar-refractivity contribution is 7.89. The zero-order valence-corrected chi connectivity index (χ0v) is 7.45. The number of rotatable bonds is 3. The molecule has 0 radical (unpaired) electrons. The number of hydrogen-bond donors (Lipinski definition) is 2. The van der Waals surface area contributed by atoms with Crippen LogP contribution in [-0.2, 0) is 16.6 Å². The van der Waals surface area contributed by atoms with Crippen LogP contribution in [0.4, 0.5) is 0 Å². The summed E-state index contributed by atoms with van der Waals surface area (Å²) in [4.78, 5) is 3.71. The molecule has 0 amide bonds. The van der Waals surface area contributed by atoms with E-state index in [-0.39, 0.29) is 11.6 Å². The molecular weight excluding hydrogens is 192 g/mol. The number of nitrogens with one attached hydrogen (secondary N) is 1. The van der Waals surface area contributed by atoms with E-state index >= 15 is 0 Å². The molecular formula is C6H8N4O2S. The molecule has 0 saturated carbocycles. The van der Waals surface area contributed by atoms with Crippen LogP contribution < -0.4 is 5.14 Å². The molecule has 70 valence electrons. The summed E-state index contributed by atoms with van der Waals surface area (Å²) >= 11 is 0. The first-order valence-electron chi connectivity index (χ1n) is 3.36. The van der Waals surface area contributed by atoms with Gasteiger partial charge in [0.2, 0.25) is 0 Å². The van der Waals surface area contributed by atoms with Crippen molar-refractivity contribution in [2.45, 2.75) is 11.6 Å². The zero-order valence-electron chi connectivity index (χ0n) is 6.64. The molecule has 0 aromatic carbocycles. The Hall–Kier alpha value is -1.34. The van der Waals surface area contributed by atoms with Crippen LogP contribution in [0.2, 0.25) is 0 Å². The molecule has 0 unspecified atom stereocenters. The van der Waals surface area contributed by atoms with Gasteiger partial charge < -0.3 is 0 Å². The minimum absolute atomic E-state index is 0.0589. The Morgan fingerprint density at radius 3 is 2.77 bits per heavy atom. The van der Waals surface area contributed by atoms with Crippen molar-refractivity contribution in [1.29, 1.82) is 5.53 Å². The highest BCUT2D eigenvalue weighted by Gasteiger charge is 2.09. The van der Waals surface area contributed by atoms with E-state index in [2.05, 4.69) is 10.1 Å². The summed E-state index contributed by atoms with van der Waals surface area (Å²) in [6.07, 6.45) is 0. The van der Waals surface area contributed by atoms with Crippen molar-refractivity contribution < 1.29 is 8.42 Å². The third-order valence-corrected chi connectivity index (χ3v) is 2.12. The molecule has 1 aromatic rings. The fourth-order valence-electron chi connectivity index (χ4n) is 0.785. The normalized spacial score (nSPS) is 11.2. The van der Waals surface area contributed by atoms with Crippen LogP contribution in [0, 0.1) is 5.53 Å². The molecule has 1 rings (SSSR count). The Kier molecular flexibility index (Phi) is 2.69. The summed E-state index contributed by atoms with van der Waals surface area (Å²) in [5.41, 5.74) is 6.98. The number of nitrogens with two attached hydrogens (primary N) is 1. The highest BCUT2D eigenvalue weighted by Crippen LogP contribution is 2.04. The van der Waals surface area contributed by atoms with Crippen molar-refractivity contribution in [3.63, 3.8) is 0 Å². The minimum Gasteiger partial charge on any atom is -0.238 e. The average Bonchev–Trinajstić information content (AvgIpc) is 2.04. The number of primary sulfonamides is 1. The van der Waals surface area contributed by atoms with Gasteiger partial charge in [-0.2, -0.15) is 5.11 Å². The van der Waals surface area contributed by atoms with Crippen LogP contribution in [-0.4, -0.2) is 13.4 Å². The molecule has 0 aliphatic rings. The van der Waals surface area contributed by atoms with Gasteiger partial charge in [0.15, 0.2) is 5.03 Å². The first-order valence-corrected chi connectivity index (χ1v) is 4.90. The van der Waals surface area contributed by atoms with Crippen LogP contribution in [0.1, 0.15) is 5.69 Å². The second-order valence-electron chi connectivity index (χ2n) is 2.33. The van der Waals surface area contributed by atoms with Gasteiger partial charge in [0.05, 0.1) is 5.69 Å². The van der Waals surface area contributed by atoms with E-state index in [1.54, 1.807) is 6.07 Å². The summed E-state index contributed by atoms with van der Waals surface area (Å²) in [6, 6.07) is 4.38. The third-order valence-electron chi connectivity index (χ3n) is 1.31. The summed E-state index contributed by atoms with van der Waals surface area (Å²) < 4.78 is 21.7. The molecule has 6 nitrogen and oxygen atoms in total. The van der Waals surface area contributed by atoms with Crippen molar-refractivity contribution in [1.82, 2.24) is 4.98 Å². The number of pyridine rings is 1. The van der Waals surface area contributed by atoms with Crippen LogP contribution in [0.15, 0.2) is 28.3 Å². The fraction of sp³-hybridized carbons (Fsp3) is 0.167. The standard InChI is InChI=1S/C6H8N4O2S/c7-9-4-5-2-1-3-6(10-5)13(8,11)12/h1-3,7H,4H2,(H2,8,11,12). The summed E-state index contributed by atoms with van der Waals surface area (Å²) in [6.45, 7) is 0.0589. The van der Waals surface area contributed by atoms with Gasteiger partial charge >= 0.3 is 0 Å². The summed E-state index contributed by atoms with van der Waals surface area (Å²) in [5, 5.41) is 7.73. The van der Waals surface area contributed by atoms with Gasteiger partial charge in [-0.15, -0.1) is 0 Å². The van der Waals surface area contributed by atoms with Gasteiger partial charge in [0.1, 0.15) is 6.54 Å². The molecule has 13 heavy (non-hydrogen) atoms. The smallest absolute Gasteiger partial charge is 0.238 e. The van der Waals surface area contributed by atoms with E-state index in [0.29, 0.717) is 5.69 Å². The van der Waals surface area contributed by atoms with Crippen LogP contribution in [0.5, 0.6) is 0 Å². The first-order chi connectivity index (χ1) is 6.04. The van der Waals surface area contributed by atoms with Crippen LogP contribution >= 0.6 is 0 Å². The Morgan fingerprint density at radius 1 is 1.54 bits per heavy atom. The maximum absolute atomic E-state index is 10.8. The average molecular weight is 200 g/mol. The predicted molar refractivity (Wildman–Crippen MR) is 44.5 cm³/mol. The lowest BCUT2D eigenvalue weighted by Crippen LogP contribution is -2.14. The molecule has 1 heterocycles. The predicted octanol–water partition coefficient (Wildman–Crippen LogP) is 0.260. The second-order valence-corrected chi connectivity index (χ2v) is 3.84. The Morgan fingerprint density at radius 2 is 2.23 bits per heavy atom. The van der Waals surface area contributed by atoms with Gasteiger partial charge in [0.25, 0.3) is 10.0 Å². The van der Waals surface area contributed by atoms with Crippen molar-refractivity contribution in [3.8, 4) is 0 Å². The molecule has 0 spiro atoms. The van der Waals surface area contributed by atoms with Crippen molar-refractivity contribution in [2.24, 2.45) is 10.3 Å². The maximum atomic E-state index is 10.8. The third kappa shape index (κ3) is 2.56. The molecule has 0 saturated heterocycles. The maximum Gasteiger partial charge on any atom is 0.255 e. The Labute approximate surface area is 75.4 Å². The molecule has 0 aliphatic heterocycles. The fourth-order valence-corrected chi connectivity index (χ4v) is 1.30. The van der Waals surface area contributed by atoms with Crippen LogP contribution in [0.3, 0.4) is 0 Å². The van der Waals surface area contributed by atoms with E-state index in [4.69, 9.17) is 10.7 Å². The van der Waals surface area contributed by atoms with E-state index in [9.17, 15) is 8.42 Å². The van der Waals surface area contributed by atoms with Gasteiger partial charge in [-0.1, -0.05) is 6.07 Å². The molecule has 0 fully saturated rings. The molecule has 3 N–H and O–H groups in total. The minimum atomic E-state index is -3.76. The van der Waals surface area contributed by atoms with Crippen molar-refractivity contribution >= 4 is 10.0 Å². The largest absolute Gasteiger partial charge is 0.255 e. The molecule has 0 atom stereocenters. The van der Waals surface area contributed by atoms with Gasteiger partial charge in [0, 0.05) is 0 Å². The Bertz CT molecular complexity index is 414. The van der Waals surface area contributed by atoms with E-state index in [1.165, 1.54) is 12.1 Å². The monoisotopic (exact) mass is 200 g/mol. The number of hydrogen-bond acceptors (Lipinski definition) is 5. The number of aromatic nitrogens is 1. The molecule has 7 heteroatoms. The number of nitrogens with zero attached hydrogens (tertiary/aromatic N) is 2. The lowest BCUT2D eigenvalue weighted by atomic mass is 10.4. The van der Waals surface area contributed by atoms with Gasteiger partial charge in [-0.3, -0.25) is 0 Å². The summed E-state index contributed by atoms with van der Waals surface area (Å²) in [7, 11) is -3.76. The lowest BCUT2D eigenvalue weighted by Gasteiger charge is -1.98. The summed E-state index contributed by atoms with van der Waals surface area (Å²) in [5.74, 6) is 0. The van der Waals surface area contributed by atoms with Crippen LogP contribution in [0.25, 0.3) is 0 Å². The molecule has 1 aromatic heterocycles. The van der Waals surface area contributed by atoms with Crippen molar-refractivity contribution in [3.05, 3.63) is 23.9 Å². The van der Waals surface area contributed by atoms with Crippen molar-refractivity contribution in [2.75, 3.05) is 0 Å². The van der Waals surface area contributed by atoms with Gasteiger partial charge in [-0.25, -0.2) is 24.1 Å². The highest BCUT2D eigenvalue weighted by atomic mass is 32.2. The van der Waals surface area contributed by atoms with Gasteiger partial charge in [-0.05, 0) is 12.1 Å². The topological polar surface area (TPSA) is 109 Å². The molecule has 0 aliphatic carbocycles. The number of sulfonamides is 1.